The Morgan fingerprint density at radius 1 is 0.769 bits per heavy atom. The molecule has 2 N–H and O–H groups in total. The summed E-state index contributed by atoms with van der Waals surface area (Å²) in [5.74, 6) is -0.882. The highest BCUT2D eigenvalue weighted by atomic mass is 16.7. The van der Waals surface area contributed by atoms with Crippen molar-refractivity contribution in [3.63, 3.8) is 0 Å². The minimum Gasteiger partial charge on any atom is -0.481 e. The van der Waals surface area contributed by atoms with Crippen molar-refractivity contribution in [1.82, 2.24) is 5.48 Å². The molecule has 0 aromatic rings. The van der Waals surface area contributed by atoms with Gasteiger partial charge in [-0.3, -0.25) is 9.63 Å². The number of aliphatic carboxylic acids is 1. The number of carbonyl (C=O) groups excluding carboxylic acids is 1. The molecule has 0 rings (SSSR count). The van der Waals surface area contributed by atoms with Crippen LogP contribution in [0, 0.1) is 0 Å². The Hall–Kier alpha value is -1.46. The third kappa shape index (κ3) is 20.6. The molecule has 10 nitrogen and oxygen atoms in total. The van der Waals surface area contributed by atoms with Gasteiger partial charge in [0.05, 0.1) is 65.9 Å². The van der Waals surface area contributed by atoms with Crippen LogP contribution in [-0.2, 0) is 33.3 Å². The molecule has 0 saturated carbocycles. The number of hydrogen-bond acceptors (Lipinski definition) is 8. The van der Waals surface area contributed by atoms with Gasteiger partial charge in [-0.1, -0.05) is 0 Å². The number of hydroxylamine groups is 1. The predicted molar refractivity (Wildman–Crippen MR) is 90.9 cm³/mol. The van der Waals surface area contributed by atoms with Crippen molar-refractivity contribution in [3.8, 4) is 0 Å². The van der Waals surface area contributed by atoms with Gasteiger partial charge in [0.25, 0.3) is 0 Å². The minimum absolute atomic E-state index is 0.00871. The molecule has 154 valence electrons. The summed E-state index contributed by atoms with van der Waals surface area (Å²) in [7, 11) is 0. The van der Waals surface area contributed by atoms with Crippen molar-refractivity contribution in [2.24, 2.45) is 0 Å². The average Bonchev–Trinajstić information content (AvgIpc) is 2.52. The monoisotopic (exact) mass is 381 g/mol. The Labute approximate surface area is 154 Å². The van der Waals surface area contributed by atoms with E-state index in [0.717, 1.165) is 0 Å². The van der Waals surface area contributed by atoms with Crippen LogP contribution >= 0.6 is 0 Å². The first-order chi connectivity index (χ1) is 12.3. The fourth-order valence-corrected chi connectivity index (χ4v) is 1.43. The zero-order valence-electron chi connectivity index (χ0n) is 15.8. The van der Waals surface area contributed by atoms with Crippen LogP contribution in [0.2, 0.25) is 0 Å². The third-order valence-corrected chi connectivity index (χ3v) is 2.46. The fourth-order valence-electron chi connectivity index (χ4n) is 1.43. The maximum absolute atomic E-state index is 11.3. The first-order valence-electron chi connectivity index (χ1n) is 8.45. The Balaban J connectivity index is 3.16. The molecule has 0 spiro atoms. The number of carbonyl (C=O) groups is 2. The average molecular weight is 381 g/mol. The van der Waals surface area contributed by atoms with E-state index in [4.69, 9.17) is 33.6 Å². The van der Waals surface area contributed by atoms with Crippen LogP contribution in [0.25, 0.3) is 0 Å². The van der Waals surface area contributed by atoms with E-state index in [2.05, 4.69) is 5.48 Å². The van der Waals surface area contributed by atoms with Gasteiger partial charge in [0.2, 0.25) is 0 Å². The summed E-state index contributed by atoms with van der Waals surface area (Å²) in [6.07, 6.45) is -0.654. The molecule has 10 heteroatoms. The van der Waals surface area contributed by atoms with E-state index in [-0.39, 0.29) is 19.6 Å². The highest BCUT2D eigenvalue weighted by Crippen LogP contribution is 2.06. The topological polar surface area (TPSA) is 122 Å². The number of carboxylic acid groups (broad SMARTS) is 1. The molecule has 0 fully saturated rings. The molecule has 1 amide bonds. The quantitative estimate of drug-likeness (QED) is 0.298. The summed E-state index contributed by atoms with van der Waals surface area (Å²) in [6.45, 7) is 8.38. The molecule has 0 heterocycles. The van der Waals surface area contributed by atoms with E-state index in [1.807, 2.05) is 0 Å². The maximum atomic E-state index is 11.3. The summed E-state index contributed by atoms with van der Waals surface area (Å²) < 4.78 is 25.8. The number of ether oxygens (including phenoxy) is 5. The molecule has 0 aromatic carbocycles. The van der Waals surface area contributed by atoms with E-state index in [9.17, 15) is 9.59 Å². The molecule has 0 aliphatic rings. The van der Waals surface area contributed by atoms with E-state index in [0.29, 0.717) is 46.2 Å². The van der Waals surface area contributed by atoms with Crippen LogP contribution in [0.1, 0.15) is 27.2 Å². The normalized spacial score (nSPS) is 11.3. The number of amides is 1. The van der Waals surface area contributed by atoms with E-state index < -0.39 is 17.7 Å². The van der Waals surface area contributed by atoms with Crippen LogP contribution in [0.3, 0.4) is 0 Å². The summed E-state index contributed by atoms with van der Waals surface area (Å²) in [4.78, 5) is 26.4. The summed E-state index contributed by atoms with van der Waals surface area (Å²) in [5.41, 5.74) is 1.59. The highest BCUT2D eigenvalue weighted by Gasteiger charge is 2.15. The van der Waals surface area contributed by atoms with Gasteiger partial charge in [0.15, 0.2) is 0 Å². The van der Waals surface area contributed by atoms with E-state index in [1.165, 1.54) is 0 Å². The predicted octanol–water partition coefficient (Wildman–Crippen LogP) is 0.984. The van der Waals surface area contributed by atoms with Gasteiger partial charge in [-0.25, -0.2) is 4.79 Å². The number of nitrogens with one attached hydrogen (secondary N) is 1. The van der Waals surface area contributed by atoms with Gasteiger partial charge in [-0.05, 0) is 20.8 Å². The largest absolute Gasteiger partial charge is 0.481 e. The second kappa shape index (κ2) is 15.8. The molecular formula is C16H31NO9. The van der Waals surface area contributed by atoms with Gasteiger partial charge in [-0.15, -0.1) is 0 Å². The summed E-state index contributed by atoms with van der Waals surface area (Å²) in [5, 5.41) is 8.41. The highest BCUT2D eigenvalue weighted by molar-refractivity contribution is 5.66. The molecule has 26 heavy (non-hydrogen) atoms. The van der Waals surface area contributed by atoms with Crippen LogP contribution in [0.5, 0.6) is 0 Å². The molecule has 0 aliphatic heterocycles. The first-order valence-corrected chi connectivity index (χ1v) is 8.45. The van der Waals surface area contributed by atoms with Gasteiger partial charge >= 0.3 is 12.1 Å². The first kappa shape index (κ1) is 24.5. The molecule has 0 bridgehead atoms. The molecular weight excluding hydrogens is 350 g/mol. The van der Waals surface area contributed by atoms with Crippen molar-refractivity contribution in [3.05, 3.63) is 0 Å². The number of rotatable bonds is 16. The fraction of sp³-hybridized carbons (Fsp3) is 0.875. The van der Waals surface area contributed by atoms with Crippen molar-refractivity contribution in [2.75, 3.05) is 59.5 Å². The van der Waals surface area contributed by atoms with Gasteiger partial charge in [0.1, 0.15) is 5.60 Å². The van der Waals surface area contributed by atoms with Crippen LogP contribution in [-0.4, -0.2) is 82.2 Å². The molecule has 0 radical (unpaired) electrons. The zero-order chi connectivity index (χ0) is 19.7. The number of carboxylic acids is 1. The van der Waals surface area contributed by atoms with Crippen molar-refractivity contribution in [1.29, 1.82) is 0 Å². The summed E-state index contributed by atoms with van der Waals surface area (Å²) in [6, 6.07) is 0. The van der Waals surface area contributed by atoms with Gasteiger partial charge < -0.3 is 28.8 Å². The Bertz CT molecular complexity index is 371. The van der Waals surface area contributed by atoms with Gasteiger partial charge in [0, 0.05) is 0 Å². The third-order valence-electron chi connectivity index (χ3n) is 2.46. The van der Waals surface area contributed by atoms with Gasteiger partial charge in [-0.2, -0.15) is 5.48 Å². The van der Waals surface area contributed by atoms with Crippen LogP contribution in [0.4, 0.5) is 4.79 Å². The maximum Gasteiger partial charge on any atom is 0.431 e. The Kier molecular flexibility index (Phi) is 14.9. The van der Waals surface area contributed by atoms with Crippen molar-refractivity contribution in [2.45, 2.75) is 32.8 Å². The lowest BCUT2D eigenvalue weighted by molar-refractivity contribution is -0.138. The van der Waals surface area contributed by atoms with Crippen molar-refractivity contribution < 1.29 is 43.2 Å². The summed E-state index contributed by atoms with van der Waals surface area (Å²) >= 11 is 0. The molecule has 0 aromatic heterocycles. The lowest BCUT2D eigenvalue weighted by Gasteiger charge is -2.19. The smallest absolute Gasteiger partial charge is 0.431 e. The molecule has 0 aliphatic carbocycles. The van der Waals surface area contributed by atoms with E-state index >= 15 is 0 Å². The van der Waals surface area contributed by atoms with Crippen LogP contribution < -0.4 is 5.48 Å². The standard InChI is InChI=1S/C16H31NO9/c1-16(2,3)26-15(20)17-25-13-12-24-11-10-23-9-8-22-7-6-21-5-4-14(18)19/h4-13H2,1-3H3,(H,17,20)(H,18,19). The SMILES string of the molecule is CC(C)(C)OC(=O)NOCCOCCOCCOCCOCCC(=O)O. The second-order valence-corrected chi connectivity index (χ2v) is 6.05. The Morgan fingerprint density at radius 3 is 1.62 bits per heavy atom. The lowest BCUT2D eigenvalue weighted by Crippen LogP contribution is -2.33. The van der Waals surface area contributed by atoms with E-state index in [1.54, 1.807) is 20.8 Å². The second-order valence-electron chi connectivity index (χ2n) is 6.05. The minimum atomic E-state index is -0.882. The Morgan fingerprint density at radius 2 is 1.19 bits per heavy atom. The zero-order valence-corrected chi connectivity index (χ0v) is 15.8. The molecule has 0 unspecified atom stereocenters. The molecule has 0 atom stereocenters. The number of hydrogen-bond donors (Lipinski definition) is 2. The van der Waals surface area contributed by atoms with Crippen molar-refractivity contribution >= 4 is 12.1 Å². The lowest BCUT2D eigenvalue weighted by atomic mass is 10.2. The molecule has 0 saturated heterocycles. The van der Waals surface area contributed by atoms with Crippen LogP contribution in [0.15, 0.2) is 0 Å².